The van der Waals surface area contributed by atoms with Crippen LogP contribution in [0.5, 0.6) is 0 Å². The van der Waals surface area contributed by atoms with Gasteiger partial charge in [0.05, 0.1) is 36.2 Å². The molecule has 75 heavy (non-hydrogen) atoms. The monoisotopic (exact) mass is 1040 g/mol. The van der Waals surface area contributed by atoms with Crippen molar-refractivity contribution in [3.05, 3.63) is 83.6 Å². The zero-order valence-electron chi connectivity index (χ0n) is 44.6. The number of ether oxygens (including phenoxy) is 3. The molecule has 1 saturated carbocycles. The number of nitrogens with two attached hydrogens (primary N) is 1. The van der Waals surface area contributed by atoms with Gasteiger partial charge in [0, 0.05) is 61.4 Å². The molecular formula is C58H79N5O12. The van der Waals surface area contributed by atoms with Crippen molar-refractivity contribution in [3.8, 4) is 23.6 Å². The van der Waals surface area contributed by atoms with Gasteiger partial charge in [0.2, 0.25) is 5.79 Å². The average molecular weight is 1040 g/mol. The number of cyclic esters (lactones) is 1. The van der Waals surface area contributed by atoms with Crippen LogP contribution < -0.4 is 5.73 Å². The number of allylic oxidation sites excluding steroid dienone is 6. The van der Waals surface area contributed by atoms with Gasteiger partial charge >= 0.3 is 5.97 Å². The number of esters is 1. The third-order valence-corrected chi connectivity index (χ3v) is 15.9. The number of methoxy groups -OCH3 is 1. The van der Waals surface area contributed by atoms with Crippen molar-refractivity contribution in [2.24, 2.45) is 35.3 Å². The second-order valence-electron chi connectivity index (χ2n) is 21.6. The number of aromatic nitrogens is 3. The van der Waals surface area contributed by atoms with Crippen LogP contribution in [0.15, 0.2) is 78.1 Å². The fraction of sp³-hybridized carbons (Fsp3) is 0.603. The minimum absolute atomic E-state index is 0.0196. The SMILES string of the molecule is C#Cc1cccc(-c2cnnn2[C@H]2CC[C@@H](C[C@@H](N)[C@@H]3CC(=O)[C@H](C)/C=C(\C)[C@@H](O)[C@@H](O)C(=O)[C@H](C)C[C@H](C)/C=C/C=C/C=C(\C)[C@@H](OC)C[C@@H]4CC[C@@H](C)[C@@](O)(O4)C(=O)C(=O)N4CCCC[C@H]4C(=O)O3)C[C@H]2O)c1. The van der Waals surface area contributed by atoms with Crippen molar-refractivity contribution in [3.63, 3.8) is 0 Å². The summed E-state index contributed by atoms with van der Waals surface area (Å²) in [5, 5.41) is 54.4. The standard InChI is InChI=1S/C58H79N5O12/c1-9-40-18-15-19-42(28-40)47-33-60-61-63(47)45-24-22-41(30-49(45)65)29-44(59)51-32-48(64)36(4)27-38(6)53(67)54(68)52(66)37(5)26-34(2)16-11-10-12-17-35(3)50(73-8)31-43-23-21-39(7)58(72,75-43)55(69)56(70)62-25-14-13-20-46(62)57(71)74-51/h1,10-12,15-19,27-28,33-34,36-37,39,41,43-46,49-51,53-54,65,67-68,72H,13-14,20-26,29-32,59H2,2-8H3/b12-10+,16-11+,35-17+,38-27+/t34-,36-,37-,39-,41+,43+,44-,45+,46+,49-,50+,51+,53-,54+,58-/m1/s1. The minimum atomic E-state index is -2.48. The van der Waals surface area contributed by atoms with Gasteiger partial charge in [-0.25, -0.2) is 9.48 Å². The molecule has 1 aliphatic carbocycles. The molecule has 2 bridgehead atoms. The Balaban J connectivity index is 1.27. The van der Waals surface area contributed by atoms with Crippen LogP contribution in [-0.2, 0) is 38.2 Å². The molecule has 4 aliphatic rings. The second kappa shape index (κ2) is 26.5. The molecule has 17 heteroatoms. The molecule has 0 radical (unpaired) electrons. The number of aliphatic hydroxyl groups is 4. The van der Waals surface area contributed by atoms with E-state index in [-0.39, 0.29) is 49.6 Å². The van der Waals surface area contributed by atoms with E-state index < -0.39 is 108 Å². The van der Waals surface area contributed by atoms with Gasteiger partial charge in [-0.05, 0) is 113 Å². The predicted octanol–water partition coefficient (Wildman–Crippen LogP) is 5.68. The topological polar surface area (TPSA) is 254 Å². The highest BCUT2D eigenvalue weighted by Gasteiger charge is 2.53. The van der Waals surface area contributed by atoms with Gasteiger partial charge in [0.25, 0.3) is 11.7 Å². The summed E-state index contributed by atoms with van der Waals surface area (Å²) in [5.74, 6) is -6.47. The number of benzene rings is 1. The van der Waals surface area contributed by atoms with Crippen LogP contribution >= 0.6 is 0 Å². The first-order valence-electron chi connectivity index (χ1n) is 26.7. The zero-order valence-corrected chi connectivity index (χ0v) is 44.6. The molecule has 0 unspecified atom stereocenters. The number of Topliss-reactive ketones (excluding diaryl/α,β-unsaturated/α-hetero) is 3. The highest BCUT2D eigenvalue weighted by molar-refractivity contribution is 6.39. The van der Waals surface area contributed by atoms with E-state index >= 15 is 0 Å². The van der Waals surface area contributed by atoms with Gasteiger partial charge in [-0.2, -0.15) is 0 Å². The molecule has 4 heterocycles. The predicted molar refractivity (Wildman–Crippen MR) is 281 cm³/mol. The number of terminal acetylenes is 1. The van der Waals surface area contributed by atoms with E-state index in [1.807, 2.05) is 68.5 Å². The molecule has 2 aromatic rings. The van der Waals surface area contributed by atoms with E-state index in [0.717, 1.165) is 16.0 Å². The normalized spacial score (nSPS) is 36.4. The number of nitrogens with zero attached hydrogens (tertiary/aromatic N) is 4. The summed E-state index contributed by atoms with van der Waals surface area (Å²) in [6.07, 6.45) is 15.4. The zero-order chi connectivity index (χ0) is 54.7. The summed E-state index contributed by atoms with van der Waals surface area (Å²) in [4.78, 5) is 72.0. The smallest absolute Gasteiger partial charge is 0.329 e. The van der Waals surface area contributed by atoms with Crippen molar-refractivity contribution in [1.29, 1.82) is 0 Å². The van der Waals surface area contributed by atoms with E-state index in [1.165, 1.54) is 13.0 Å². The van der Waals surface area contributed by atoms with Crippen molar-refractivity contribution in [1.82, 2.24) is 19.9 Å². The third-order valence-electron chi connectivity index (χ3n) is 15.9. The molecule has 1 aromatic carbocycles. The Morgan fingerprint density at radius 1 is 0.933 bits per heavy atom. The maximum absolute atomic E-state index is 14.5. The molecule has 3 fully saturated rings. The van der Waals surface area contributed by atoms with Gasteiger partial charge in [-0.15, -0.1) is 11.5 Å². The fourth-order valence-electron chi connectivity index (χ4n) is 11.2. The molecule has 2 saturated heterocycles. The van der Waals surface area contributed by atoms with Crippen molar-refractivity contribution in [2.75, 3.05) is 13.7 Å². The van der Waals surface area contributed by atoms with Gasteiger partial charge in [-0.1, -0.05) is 87.4 Å². The molecule has 1 amide bonds. The summed E-state index contributed by atoms with van der Waals surface area (Å²) >= 11 is 0. The molecule has 408 valence electrons. The van der Waals surface area contributed by atoms with Gasteiger partial charge in [0.1, 0.15) is 30.1 Å². The lowest BCUT2D eigenvalue weighted by molar-refractivity contribution is -0.265. The Morgan fingerprint density at radius 2 is 1.69 bits per heavy atom. The Morgan fingerprint density at radius 3 is 2.41 bits per heavy atom. The largest absolute Gasteiger partial charge is 0.459 e. The van der Waals surface area contributed by atoms with Gasteiger partial charge < -0.3 is 45.3 Å². The maximum Gasteiger partial charge on any atom is 0.329 e. The average Bonchev–Trinajstić information content (AvgIpc) is 3.89. The summed E-state index contributed by atoms with van der Waals surface area (Å²) in [6.45, 7) is 10.3. The lowest BCUT2D eigenvalue weighted by atomic mass is 9.79. The lowest BCUT2D eigenvalue weighted by Gasteiger charge is -2.42. The number of hydrogen-bond acceptors (Lipinski definition) is 15. The Kier molecular flexibility index (Phi) is 20.8. The molecular weight excluding hydrogens is 959 g/mol. The van der Waals surface area contributed by atoms with Crippen molar-refractivity contribution in [2.45, 2.75) is 179 Å². The molecule has 1 aromatic heterocycles. The van der Waals surface area contributed by atoms with E-state index in [2.05, 4.69) is 16.2 Å². The van der Waals surface area contributed by atoms with E-state index in [1.54, 1.807) is 38.8 Å². The lowest BCUT2D eigenvalue weighted by Crippen LogP contribution is -2.61. The quantitative estimate of drug-likeness (QED) is 0.101. The highest BCUT2D eigenvalue weighted by Crippen LogP contribution is 2.39. The number of carbonyl (C=O) groups excluding carboxylic acids is 5. The minimum Gasteiger partial charge on any atom is -0.459 e. The second-order valence-corrected chi connectivity index (χ2v) is 21.6. The first-order valence-corrected chi connectivity index (χ1v) is 26.7. The van der Waals surface area contributed by atoms with Crippen LogP contribution in [-0.4, -0.2) is 138 Å². The van der Waals surface area contributed by atoms with E-state index in [0.29, 0.717) is 62.6 Å². The Bertz CT molecular complexity index is 2510. The van der Waals surface area contributed by atoms with Gasteiger partial charge in [0.15, 0.2) is 5.78 Å². The number of hydrogen-bond donors (Lipinski definition) is 5. The third kappa shape index (κ3) is 14.5. The van der Waals surface area contributed by atoms with Crippen LogP contribution in [0.3, 0.4) is 0 Å². The number of aliphatic hydroxyl groups excluding tert-OH is 3. The van der Waals surface area contributed by atoms with Crippen LogP contribution in [0.2, 0.25) is 0 Å². The molecule has 6 rings (SSSR count). The molecule has 17 nitrogen and oxygen atoms in total. The number of amides is 1. The number of piperidine rings is 1. The highest BCUT2D eigenvalue weighted by atomic mass is 16.6. The summed E-state index contributed by atoms with van der Waals surface area (Å²) in [7, 11) is 1.55. The van der Waals surface area contributed by atoms with Gasteiger partial charge in [-0.3, -0.25) is 19.2 Å². The summed E-state index contributed by atoms with van der Waals surface area (Å²) in [5.41, 5.74) is 10.2. The molecule has 6 N–H and O–H groups in total. The number of fused-ring (bicyclic) bond motifs is 3. The summed E-state index contributed by atoms with van der Waals surface area (Å²) < 4.78 is 19.9. The number of carbonyl (C=O) groups is 5. The van der Waals surface area contributed by atoms with Crippen LogP contribution in [0.4, 0.5) is 0 Å². The van der Waals surface area contributed by atoms with Crippen molar-refractivity contribution < 1.29 is 58.6 Å². The van der Waals surface area contributed by atoms with Crippen molar-refractivity contribution >= 4 is 29.2 Å². The Labute approximate surface area is 441 Å². The number of ketones is 3. The van der Waals surface area contributed by atoms with Crippen LogP contribution in [0, 0.1) is 41.9 Å². The molecule has 0 spiro atoms. The van der Waals surface area contributed by atoms with Crippen LogP contribution in [0.25, 0.3) is 11.3 Å². The maximum atomic E-state index is 14.5. The molecule has 15 atom stereocenters. The van der Waals surface area contributed by atoms with E-state index in [4.69, 9.17) is 26.4 Å². The number of rotatable bonds is 6. The molecule has 3 aliphatic heterocycles. The van der Waals surface area contributed by atoms with E-state index in [9.17, 15) is 44.4 Å². The summed E-state index contributed by atoms with van der Waals surface area (Å²) in [6, 6.07) is 4.79. The first-order chi connectivity index (χ1) is 35.7. The fourth-order valence-corrected chi connectivity index (χ4v) is 11.2. The first kappa shape index (κ1) is 58.8. The Hall–Kier alpha value is -5.45. The van der Waals surface area contributed by atoms with Crippen LogP contribution in [0.1, 0.15) is 130 Å².